The molecule has 1 fully saturated rings. The van der Waals surface area contributed by atoms with E-state index in [0.717, 1.165) is 37.7 Å². The Balaban J connectivity index is 1.73. The fourth-order valence-corrected chi connectivity index (χ4v) is 6.01. The van der Waals surface area contributed by atoms with Gasteiger partial charge >= 0.3 is 0 Å². The summed E-state index contributed by atoms with van der Waals surface area (Å²) in [4.78, 5) is 20.7. The molecule has 174 valence electrons. The molecule has 1 amide bonds. The van der Waals surface area contributed by atoms with Crippen LogP contribution in [-0.4, -0.2) is 54.7 Å². The summed E-state index contributed by atoms with van der Waals surface area (Å²) in [6.45, 7) is 11.9. The number of amides is 1. The number of nitrogens with one attached hydrogen (secondary N) is 1. The molecule has 1 unspecified atom stereocenters. The van der Waals surface area contributed by atoms with Crippen molar-refractivity contribution in [2.75, 3.05) is 44.3 Å². The maximum absolute atomic E-state index is 13.1. The zero-order chi connectivity index (χ0) is 23.4. The zero-order valence-electron chi connectivity index (χ0n) is 19.9. The van der Waals surface area contributed by atoms with E-state index in [1.165, 1.54) is 26.5 Å². The van der Waals surface area contributed by atoms with E-state index < -0.39 is 0 Å². The van der Waals surface area contributed by atoms with E-state index in [4.69, 9.17) is 0 Å². The van der Waals surface area contributed by atoms with Crippen molar-refractivity contribution in [2.24, 2.45) is 0 Å². The van der Waals surface area contributed by atoms with Gasteiger partial charge in [0.25, 0.3) is 5.91 Å². The van der Waals surface area contributed by atoms with Crippen molar-refractivity contribution in [1.29, 1.82) is 0 Å². The molecule has 0 radical (unpaired) electrons. The summed E-state index contributed by atoms with van der Waals surface area (Å²) < 4.78 is 0. The van der Waals surface area contributed by atoms with Crippen LogP contribution in [0.5, 0.6) is 0 Å². The lowest BCUT2D eigenvalue weighted by Crippen LogP contribution is -2.47. The highest BCUT2D eigenvalue weighted by Gasteiger charge is 2.31. The largest absolute Gasteiger partial charge is 0.313 e. The van der Waals surface area contributed by atoms with Gasteiger partial charge in [-0.05, 0) is 62.0 Å². The number of rotatable bonds is 7. The first-order chi connectivity index (χ1) is 16.0. The standard InChI is InChI=1S/C27H33N3OS2/c1-5-29-15-17-30(18-16-29)25(21-11-13-23(32-4)14-12-21)24-19(2)20(3)33-27(24)28-26(31)22-9-7-6-8-10-22/h6-14,25H,5,15-18H2,1-4H3,(H,28,31). The average Bonchev–Trinajstić information content (AvgIpc) is 3.13. The van der Waals surface area contributed by atoms with Gasteiger partial charge in [0.15, 0.2) is 0 Å². The number of hydrogen-bond donors (Lipinski definition) is 1. The molecule has 1 saturated heterocycles. The first kappa shape index (κ1) is 24.0. The van der Waals surface area contributed by atoms with Gasteiger partial charge in [0, 0.05) is 47.1 Å². The second kappa shape index (κ2) is 10.9. The van der Waals surface area contributed by atoms with Gasteiger partial charge in [-0.25, -0.2) is 0 Å². The Morgan fingerprint density at radius 3 is 2.30 bits per heavy atom. The van der Waals surface area contributed by atoms with Gasteiger partial charge in [-0.2, -0.15) is 0 Å². The van der Waals surface area contributed by atoms with Crippen LogP contribution < -0.4 is 5.32 Å². The second-order valence-corrected chi connectivity index (χ2v) is 10.6. The summed E-state index contributed by atoms with van der Waals surface area (Å²) in [6.07, 6.45) is 2.11. The van der Waals surface area contributed by atoms with E-state index in [1.807, 2.05) is 30.3 Å². The molecule has 1 atom stereocenters. The Morgan fingerprint density at radius 1 is 1.03 bits per heavy atom. The summed E-state index contributed by atoms with van der Waals surface area (Å²) in [5.41, 5.74) is 4.49. The molecule has 2 aromatic carbocycles. The van der Waals surface area contributed by atoms with Crippen LogP contribution in [0.25, 0.3) is 0 Å². The maximum atomic E-state index is 13.1. The number of anilines is 1. The molecular weight excluding hydrogens is 446 g/mol. The molecule has 1 aliphatic heterocycles. The highest BCUT2D eigenvalue weighted by atomic mass is 32.2. The minimum Gasteiger partial charge on any atom is -0.313 e. The number of carbonyl (C=O) groups is 1. The number of aryl methyl sites for hydroxylation is 1. The molecule has 4 nitrogen and oxygen atoms in total. The van der Waals surface area contributed by atoms with Crippen molar-refractivity contribution in [3.63, 3.8) is 0 Å². The predicted molar refractivity (Wildman–Crippen MR) is 142 cm³/mol. The van der Waals surface area contributed by atoms with Crippen molar-refractivity contribution in [2.45, 2.75) is 31.7 Å². The Kier molecular flexibility index (Phi) is 7.91. The molecule has 33 heavy (non-hydrogen) atoms. The Morgan fingerprint density at radius 2 is 1.70 bits per heavy atom. The lowest BCUT2D eigenvalue weighted by Gasteiger charge is -2.39. The van der Waals surface area contributed by atoms with E-state index in [9.17, 15) is 4.79 Å². The first-order valence-corrected chi connectivity index (χ1v) is 13.6. The fourth-order valence-electron chi connectivity index (χ4n) is 4.52. The monoisotopic (exact) mass is 479 g/mol. The normalized spacial score (nSPS) is 16.0. The average molecular weight is 480 g/mol. The molecule has 6 heteroatoms. The highest BCUT2D eigenvalue weighted by Crippen LogP contribution is 2.43. The van der Waals surface area contributed by atoms with Crippen LogP contribution in [0.1, 0.15) is 44.9 Å². The number of thiophene rings is 1. The zero-order valence-corrected chi connectivity index (χ0v) is 21.6. The van der Waals surface area contributed by atoms with Gasteiger partial charge in [0.05, 0.1) is 6.04 Å². The van der Waals surface area contributed by atoms with Crippen LogP contribution in [-0.2, 0) is 0 Å². The molecule has 1 N–H and O–H groups in total. The number of carbonyl (C=O) groups excluding carboxylic acids is 1. The molecule has 2 heterocycles. The number of benzene rings is 2. The van der Waals surface area contributed by atoms with E-state index in [2.05, 4.69) is 66.4 Å². The number of hydrogen-bond acceptors (Lipinski definition) is 5. The smallest absolute Gasteiger partial charge is 0.256 e. The number of thioether (sulfide) groups is 1. The topological polar surface area (TPSA) is 35.6 Å². The molecule has 0 aliphatic carbocycles. The van der Waals surface area contributed by atoms with Crippen LogP contribution in [0.2, 0.25) is 0 Å². The van der Waals surface area contributed by atoms with Crippen LogP contribution >= 0.6 is 23.1 Å². The highest BCUT2D eigenvalue weighted by molar-refractivity contribution is 7.98. The third-order valence-electron chi connectivity index (χ3n) is 6.62. The minimum atomic E-state index is -0.0506. The van der Waals surface area contributed by atoms with Crippen molar-refractivity contribution in [3.8, 4) is 0 Å². The molecule has 1 aliphatic rings. The Hall–Kier alpha value is -2.12. The fraction of sp³-hybridized carbons (Fsp3) is 0.370. The van der Waals surface area contributed by atoms with Crippen molar-refractivity contribution >= 4 is 34.0 Å². The van der Waals surface area contributed by atoms with Crippen LogP contribution in [0.15, 0.2) is 59.5 Å². The SMILES string of the molecule is CCN1CCN(C(c2ccc(SC)cc2)c2c(NC(=O)c3ccccc3)sc(C)c2C)CC1. The summed E-state index contributed by atoms with van der Waals surface area (Å²) in [7, 11) is 0. The number of nitrogens with zero attached hydrogens (tertiary/aromatic N) is 2. The van der Waals surface area contributed by atoms with Crippen molar-refractivity contribution in [1.82, 2.24) is 9.80 Å². The molecule has 0 saturated carbocycles. The van der Waals surface area contributed by atoms with E-state index in [-0.39, 0.29) is 11.9 Å². The quantitative estimate of drug-likeness (QED) is 0.418. The van der Waals surface area contributed by atoms with Gasteiger partial charge in [0.1, 0.15) is 5.00 Å². The van der Waals surface area contributed by atoms with Crippen LogP contribution in [0.4, 0.5) is 5.00 Å². The number of likely N-dealkylation sites (N-methyl/N-ethyl adjacent to an activating group) is 1. The van der Waals surface area contributed by atoms with Gasteiger partial charge in [-0.1, -0.05) is 37.3 Å². The summed E-state index contributed by atoms with van der Waals surface area (Å²) in [6, 6.07) is 18.6. The third kappa shape index (κ3) is 5.35. The summed E-state index contributed by atoms with van der Waals surface area (Å²) >= 11 is 3.46. The molecule has 0 bridgehead atoms. The van der Waals surface area contributed by atoms with E-state index in [1.54, 1.807) is 23.1 Å². The van der Waals surface area contributed by atoms with Crippen LogP contribution in [0, 0.1) is 13.8 Å². The lowest BCUT2D eigenvalue weighted by atomic mass is 9.94. The number of piperazine rings is 1. The molecule has 0 spiro atoms. The van der Waals surface area contributed by atoms with E-state index in [0.29, 0.717) is 5.56 Å². The van der Waals surface area contributed by atoms with Gasteiger partial charge < -0.3 is 10.2 Å². The second-order valence-electron chi connectivity index (χ2n) is 8.49. The third-order valence-corrected chi connectivity index (χ3v) is 8.50. The van der Waals surface area contributed by atoms with Gasteiger partial charge in [0.2, 0.25) is 0 Å². The molecular formula is C27H33N3OS2. The lowest BCUT2D eigenvalue weighted by molar-refractivity contribution is 0.102. The Bertz CT molecular complexity index is 1070. The van der Waals surface area contributed by atoms with Crippen molar-refractivity contribution < 1.29 is 4.79 Å². The van der Waals surface area contributed by atoms with Gasteiger partial charge in [-0.15, -0.1) is 23.1 Å². The van der Waals surface area contributed by atoms with E-state index >= 15 is 0 Å². The predicted octanol–water partition coefficient (Wildman–Crippen LogP) is 6.07. The van der Waals surface area contributed by atoms with Crippen LogP contribution in [0.3, 0.4) is 0 Å². The first-order valence-electron chi connectivity index (χ1n) is 11.6. The maximum Gasteiger partial charge on any atom is 0.256 e. The minimum absolute atomic E-state index is 0.0506. The summed E-state index contributed by atoms with van der Waals surface area (Å²) in [5.74, 6) is -0.0506. The summed E-state index contributed by atoms with van der Waals surface area (Å²) in [5, 5.41) is 4.23. The molecule has 3 aromatic rings. The molecule has 1 aromatic heterocycles. The van der Waals surface area contributed by atoms with Crippen molar-refractivity contribution in [3.05, 3.63) is 81.7 Å². The Labute approximate surface area is 206 Å². The molecule has 4 rings (SSSR count). The van der Waals surface area contributed by atoms with Gasteiger partial charge in [-0.3, -0.25) is 9.69 Å².